The predicted octanol–water partition coefficient (Wildman–Crippen LogP) is 4.25. The minimum atomic E-state index is -4.79. The van der Waals surface area contributed by atoms with Gasteiger partial charge in [-0.2, -0.15) is 13.2 Å². The molecule has 0 spiro atoms. The zero-order chi connectivity index (χ0) is 21.3. The first-order valence-electron chi connectivity index (χ1n) is 8.51. The number of halogens is 4. The minimum absolute atomic E-state index is 0.0897. The molecule has 2 N–H and O–H groups in total. The van der Waals surface area contributed by atoms with Crippen molar-refractivity contribution in [1.82, 2.24) is 14.9 Å². The van der Waals surface area contributed by atoms with Crippen LogP contribution in [0.5, 0.6) is 0 Å². The molecule has 0 aliphatic carbocycles. The molecule has 1 atom stereocenters. The molecule has 1 unspecified atom stereocenters. The second-order valence-electron chi connectivity index (χ2n) is 6.24. The van der Waals surface area contributed by atoms with Crippen molar-refractivity contribution in [2.45, 2.75) is 25.7 Å². The Labute approximate surface area is 167 Å². The number of rotatable bonds is 4. The highest BCUT2D eigenvalue weighted by Crippen LogP contribution is 2.33. The maximum atomic E-state index is 13.5. The number of nitrogens with one attached hydrogen (secondary N) is 2. The number of benzene rings is 2. The van der Waals surface area contributed by atoms with Gasteiger partial charge in [-0.05, 0) is 55.0 Å². The largest absolute Gasteiger partial charge is 0.412 e. The average Bonchev–Trinajstić information content (AvgIpc) is 2.65. The van der Waals surface area contributed by atoms with Gasteiger partial charge in [-0.1, -0.05) is 12.1 Å². The number of alkyl halides is 3. The van der Waals surface area contributed by atoms with E-state index < -0.39 is 23.9 Å². The summed E-state index contributed by atoms with van der Waals surface area (Å²) in [5, 5.41) is 2.17. The summed E-state index contributed by atoms with van der Waals surface area (Å²) in [6, 6.07) is 5.23. The average molecular weight is 425 g/mol. The second kappa shape index (κ2) is 7.78. The fourth-order valence-electron chi connectivity index (χ4n) is 2.91. The highest BCUT2D eigenvalue weighted by Gasteiger charge is 2.42. The lowest BCUT2D eigenvalue weighted by Crippen LogP contribution is -2.38. The van der Waals surface area contributed by atoms with Crippen LogP contribution in [0.15, 0.2) is 47.3 Å². The zero-order valence-electron chi connectivity index (χ0n) is 15.0. The number of carbonyl (C=O) groups excluding carboxylic acids is 1. The Kier molecular flexibility index (Phi) is 5.56. The Hall–Kier alpha value is -3.01. The van der Waals surface area contributed by atoms with Crippen LogP contribution in [-0.2, 0) is 6.54 Å². The van der Waals surface area contributed by atoms with E-state index in [0.29, 0.717) is 6.54 Å². The van der Waals surface area contributed by atoms with Crippen LogP contribution >= 0.6 is 12.2 Å². The third-order valence-corrected chi connectivity index (χ3v) is 4.69. The summed E-state index contributed by atoms with van der Waals surface area (Å²) >= 11 is 5.10. The molecule has 0 fully saturated rings. The maximum Gasteiger partial charge on any atom is 0.412 e. The Bertz CT molecular complexity index is 1180. The van der Waals surface area contributed by atoms with Gasteiger partial charge < -0.3 is 10.3 Å². The summed E-state index contributed by atoms with van der Waals surface area (Å²) in [6.07, 6.45) is -4.79. The molecule has 3 aromatic rings. The van der Waals surface area contributed by atoms with Crippen molar-refractivity contribution >= 4 is 29.0 Å². The van der Waals surface area contributed by atoms with Crippen LogP contribution in [0, 0.1) is 10.6 Å². The van der Waals surface area contributed by atoms with Crippen LogP contribution in [0.1, 0.15) is 28.9 Å². The molecule has 3 rings (SSSR count). The van der Waals surface area contributed by atoms with Gasteiger partial charge >= 0.3 is 6.18 Å². The molecule has 1 heterocycles. The van der Waals surface area contributed by atoms with Crippen LogP contribution in [0.25, 0.3) is 10.9 Å². The Balaban J connectivity index is 1.98. The van der Waals surface area contributed by atoms with E-state index in [1.165, 1.54) is 22.8 Å². The molecule has 10 heteroatoms. The fourth-order valence-corrected chi connectivity index (χ4v) is 3.23. The quantitative estimate of drug-likeness (QED) is 0.485. The van der Waals surface area contributed by atoms with E-state index in [1.54, 1.807) is 6.92 Å². The Morgan fingerprint density at radius 3 is 2.45 bits per heavy atom. The molecule has 1 aromatic heterocycles. The molecule has 0 aliphatic rings. The van der Waals surface area contributed by atoms with Crippen molar-refractivity contribution in [3.05, 3.63) is 74.5 Å². The lowest BCUT2D eigenvalue weighted by Gasteiger charge is -2.22. The third-order valence-electron chi connectivity index (χ3n) is 4.37. The smallest absolute Gasteiger partial charge is 0.337 e. The fraction of sp³-hybridized carbons (Fsp3) is 0.211. The number of amides is 1. The van der Waals surface area contributed by atoms with Crippen LogP contribution in [0.3, 0.4) is 0 Å². The van der Waals surface area contributed by atoms with Gasteiger partial charge in [0.1, 0.15) is 5.82 Å². The first kappa shape index (κ1) is 20.7. The minimum Gasteiger partial charge on any atom is -0.337 e. The van der Waals surface area contributed by atoms with E-state index in [2.05, 4.69) is 4.98 Å². The number of carbonyl (C=O) groups is 1. The third kappa shape index (κ3) is 4.21. The van der Waals surface area contributed by atoms with Crippen molar-refractivity contribution in [2.24, 2.45) is 0 Å². The molecule has 0 saturated heterocycles. The monoisotopic (exact) mass is 425 g/mol. The predicted molar refractivity (Wildman–Crippen MR) is 102 cm³/mol. The molecule has 0 saturated carbocycles. The molecular weight excluding hydrogens is 410 g/mol. The van der Waals surface area contributed by atoms with Gasteiger partial charge in [-0.3, -0.25) is 14.2 Å². The molecule has 29 heavy (non-hydrogen) atoms. The highest BCUT2D eigenvalue weighted by atomic mass is 32.1. The number of hydrogen-bond donors (Lipinski definition) is 2. The van der Waals surface area contributed by atoms with E-state index in [4.69, 9.17) is 12.2 Å². The van der Waals surface area contributed by atoms with Crippen molar-refractivity contribution in [2.75, 3.05) is 0 Å². The normalized spacial score (nSPS) is 12.7. The van der Waals surface area contributed by atoms with Gasteiger partial charge in [0.05, 0.1) is 10.9 Å². The van der Waals surface area contributed by atoms with Gasteiger partial charge in [0.2, 0.25) is 0 Å². The van der Waals surface area contributed by atoms with Gasteiger partial charge in [-0.25, -0.2) is 4.39 Å². The highest BCUT2D eigenvalue weighted by molar-refractivity contribution is 7.71. The van der Waals surface area contributed by atoms with E-state index in [-0.39, 0.29) is 32.4 Å². The summed E-state index contributed by atoms with van der Waals surface area (Å²) in [4.78, 5) is 27.7. The lowest BCUT2D eigenvalue weighted by molar-refractivity contribution is -0.155. The SMILES string of the molecule is CCn1c(=S)[nH]c2cc(C(=O)NC(c3ccc(F)cc3)C(F)(F)F)ccc2c1=O. The Morgan fingerprint density at radius 2 is 1.86 bits per heavy atom. The number of aromatic nitrogens is 2. The van der Waals surface area contributed by atoms with Gasteiger partial charge in [0.25, 0.3) is 11.5 Å². The van der Waals surface area contributed by atoms with E-state index in [9.17, 15) is 27.2 Å². The lowest BCUT2D eigenvalue weighted by atomic mass is 10.1. The van der Waals surface area contributed by atoms with Crippen molar-refractivity contribution < 1.29 is 22.4 Å². The molecule has 5 nitrogen and oxygen atoms in total. The summed E-state index contributed by atoms with van der Waals surface area (Å²) in [6.45, 7) is 2.09. The second-order valence-corrected chi connectivity index (χ2v) is 6.63. The molecule has 152 valence electrons. The number of nitrogens with zero attached hydrogens (tertiary/aromatic N) is 1. The van der Waals surface area contributed by atoms with E-state index >= 15 is 0 Å². The van der Waals surface area contributed by atoms with Gasteiger partial charge in [0.15, 0.2) is 10.8 Å². The molecular formula is C19H15F4N3O2S. The van der Waals surface area contributed by atoms with E-state index in [0.717, 1.165) is 24.3 Å². The molecule has 0 radical (unpaired) electrons. The molecule has 2 aromatic carbocycles. The number of aromatic amines is 1. The zero-order valence-corrected chi connectivity index (χ0v) is 15.8. The first-order valence-corrected chi connectivity index (χ1v) is 8.92. The number of hydrogen-bond acceptors (Lipinski definition) is 3. The molecule has 0 bridgehead atoms. The van der Waals surface area contributed by atoms with Gasteiger partial charge in [-0.15, -0.1) is 0 Å². The van der Waals surface area contributed by atoms with Crippen LogP contribution in [0.4, 0.5) is 17.6 Å². The first-order chi connectivity index (χ1) is 13.6. The maximum absolute atomic E-state index is 13.5. The molecule has 0 aliphatic heterocycles. The van der Waals surface area contributed by atoms with Crippen LogP contribution in [-0.4, -0.2) is 21.6 Å². The summed E-state index contributed by atoms with van der Waals surface area (Å²) in [7, 11) is 0. The molecule has 1 amide bonds. The van der Waals surface area contributed by atoms with Crippen molar-refractivity contribution in [1.29, 1.82) is 0 Å². The number of H-pyrrole nitrogens is 1. The standard InChI is InChI=1S/C19H15F4N3O2S/c1-2-26-17(28)13-8-5-11(9-14(13)24-18(26)29)16(27)25-15(19(21,22)23)10-3-6-12(20)7-4-10/h3-9,15H,2H2,1H3,(H,24,29)(H,25,27). The summed E-state index contributed by atoms with van der Waals surface area (Å²) in [5.74, 6) is -1.69. The van der Waals surface area contributed by atoms with Crippen LogP contribution < -0.4 is 10.9 Å². The Morgan fingerprint density at radius 1 is 1.21 bits per heavy atom. The topological polar surface area (TPSA) is 66.9 Å². The van der Waals surface area contributed by atoms with Crippen molar-refractivity contribution in [3.63, 3.8) is 0 Å². The van der Waals surface area contributed by atoms with E-state index in [1.807, 2.05) is 5.32 Å². The summed E-state index contributed by atoms with van der Waals surface area (Å²) in [5.41, 5.74) is -0.521. The van der Waals surface area contributed by atoms with Crippen molar-refractivity contribution in [3.8, 4) is 0 Å². The summed E-state index contributed by atoms with van der Waals surface area (Å²) < 4.78 is 54.9. The van der Waals surface area contributed by atoms with Gasteiger partial charge in [0, 0.05) is 12.1 Å². The number of fused-ring (bicyclic) bond motifs is 1. The van der Waals surface area contributed by atoms with Crippen LogP contribution in [0.2, 0.25) is 0 Å².